The Morgan fingerprint density at radius 3 is 2.29 bits per heavy atom. The van der Waals surface area contributed by atoms with Crippen LogP contribution in [0.3, 0.4) is 0 Å². The maximum Gasteiger partial charge on any atom is 0.247 e. The van der Waals surface area contributed by atoms with Crippen molar-refractivity contribution >= 4 is 28.7 Å². The molecule has 0 unspecified atom stereocenters. The summed E-state index contributed by atoms with van der Waals surface area (Å²) in [4.78, 5) is 24.7. The second kappa shape index (κ2) is 7.06. The minimum absolute atomic E-state index is 0.00673. The first kappa shape index (κ1) is 15.9. The molecule has 118 valence electrons. The lowest BCUT2D eigenvalue weighted by Gasteiger charge is -2.03. The number of benzene rings is 2. The molecule has 3 rings (SSSR count). The molecule has 0 atom stereocenters. The number of amides is 1. The summed E-state index contributed by atoms with van der Waals surface area (Å²) in [5.41, 5.74) is 3.07. The molecule has 0 saturated heterocycles. The van der Waals surface area contributed by atoms with Crippen LogP contribution in [-0.2, 0) is 4.79 Å². The van der Waals surface area contributed by atoms with E-state index in [-0.39, 0.29) is 11.7 Å². The van der Waals surface area contributed by atoms with Gasteiger partial charge < -0.3 is 5.32 Å². The first-order chi connectivity index (χ1) is 11.7. The summed E-state index contributed by atoms with van der Waals surface area (Å²) in [7, 11) is 0. The third kappa shape index (κ3) is 3.50. The van der Waals surface area contributed by atoms with Gasteiger partial charge in [-0.3, -0.25) is 9.59 Å². The highest BCUT2D eigenvalue weighted by atomic mass is 32.1. The monoisotopic (exact) mass is 333 g/mol. The molecule has 0 spiro atoms. The molecule has 0 aliphatic rings. The SMILES string of the molecule is C=CC(=O)Nc1csc(-c2ccc(C(=O)c3ccccc3)cc2)c1. The van der Waals surface area contributed by atoms with Crippen molar-refractivity contribution in [1.82, 2.24) is 0 Å². The summed E-state index contributed by atoms with van der Waals surface area (Å²) in [6.07, 6.45) is 1.24. The molecular weight excluding hydrogens is 318 g/mol. The maximum atomic E-state index is 12.4. The zero-order valence-corrected chi connectivity index (χ0v) is 13.7. The molecule has 0 aliphatic heterocycles. The summed E-state index contributed by atoms with van der Waals surface area (Å²) in [6.45, 7) is 3.43. The molecule has 4 heteroatoms. The van der Waals surface area contributed by atoms with Crippen molar-refractivity contribution in [2.24, 2.45) is 0 Å². The Kier molecular flexibility index (Phi) is 4.68. The molecule has 24 heavy (non-hydrogen) atoms. The van der Waals surface area contributed by atoms with Crippen LogP contribution in [0.25, 0.3) is 10.4 Å². The van der Waals surface area contributed by atoms with E-state index in [0.717, 1.165) is 16.1 Å². The van der Waals surface area contributed by atoms with Gasteiger partial charge in [0.15, 0.2) is 5.78 Å². The molecule has 3 nitrogen and oxygen atoms in total. The number of anilines is 1. The van der Waals surface area contributed by atoms with Crippen LogP contribution in [-0.4, -0.2) is 11.7 Å². The van der Waals surface area contributed by atoms with E-state index in [1.165, 1.54) is 17.4 Å². The van der Waals surface area contributed by atoms with E-state index in [2.05, 4.69) is 11.9 Å². The molecular formula is C20H15NO2S. The third-order valence-corrected chi connectivity index (χ3v) is 4.50. The number of rotatable bonds is 5. The number of hydrogen-bond acceptors (Lipinski definition) is 3. The van der Waals surface area contributed by atoms with Crippen molar-refractivity contribution < 1.29 is 9.59 Å². The summed E-state index contributed by atoms with van der Waals surface area (Å²) in [5.74, 6) is -0.226. The molecule has 2 aromatic carbocycles. The lowest BCUT2D eigenvalue weighted by atomic mass is 10.0. The molecule has 0 bridgehead atoms. The average molecular weight is 333 g/mol. The summed E-state index contributed by atoms with van der Waals surface area (Å²) >= 11 is 1.53. The topological polar surface area (TPSA) is 46.2 Å². The molecule has 1 aromatic heterocycles. The lowest BCUT2D eigenvalue weighted by molar-refractivity contribution is -0.111. The predicted octanol–water partition coefficient (Wildman–Crippen LogP) is 4.77. The van der Waals surface area contributed by atoms with E-state index < -0.39 is 0 Å². The first-order valence-corrected chi connectivity index (χ1v) is 8.27. The fourth-order valence-corrected chi connectivity index (χ4v) is 3.14. The molecule has 3 aromatic rings. The van der Waals surface area contributed by atoms with Crippen molar-refractivity contribution in [3.63, 3.8) is 0 Å². The second-order valence-corrected chi connectivity index (χ2v) is 6.08. The van der Waals surface area contributed by atoms with Gasteiger partial charge in [-0.15, -0.1) is 11.3 Å². The standard InChI is InChI=1S/C20H15NO2S/c1-2-19(22)21-17-12-18(24-13-17)14-8-10-16(11-9-14)20(23)15-6-4-3-5-7-15/h2-13H,1H2,(H,21,22). The molecule has 1 heterocycles. The van der Waals surface area contributed by atoms with Crippen LogP contribution in [0.5, 0.6) is 0 Å². The van der Waals surface area contributed by atoms with Crippen molar-refractivity contribution in [2.45, 2.75) is 0 Å². The molecule has 1 amide bonds. The Morgan fingerprint density at radius 2 is 1.62 bits per heavy atom. The zero-order chi connectivity index (χ0) is 16.9. The first-order valence-electron chi connectivity index (χ1n) is 7.39. The van der Waals surface area contributed by atoms with Crippen molar-refractivity contribution in [3.05, 3.63) is 89.8 Å². The highest BCUT2D eigenvalue weighted by Gasteiger charge is 2.09. The molecule has 0 saturated carbocycles. The highest BCUT2D eigenvalue weighted by molar-refractivity contribution is 7.14. The van der Waals surface area contributed by atoms with Gasteiger partial charge in [-0.2, -0.15) is 0 Å². The van der Waals surface area contributed by atoms with Gasteiger partial charge in [0.25, 0.3) is 0 Å². The van der Waals surface area contributed by atoms with E-state index in [1.54, 1.807) is 0 Å². The molecule has 1 N–H and O–H groups in total. The van der Waals surface area contributed by atoms with Gasteiger partial charge in [0.1, 0.15) is 0 Å². The van der Waals surface area contributed by atoms with Gasteiger partial charge in [-0.1, -0.05) is 61.2 Å². The Morgan fingerprint density at radius 1 is 0.958 bits per heavy atom. The second-order valence-electron chi connectivity index (χ2n) is 5.17. The number of hydrogen-bond donors (Lipinski definition) is 1. The van der Waals surface area contributed by atoms with E-state index in [1.807, 2.05) is 66.0 Å². The fraction of sp³-hybridized carbons (Fsp3) is 0. The molecule has 0 radical (unpaired) electrons. The number of carbonyl (C=O) groups is 2. The van der Waals surface area contributed by atoms with Crippen LogP contribution in [0.15, 0.2) is 78.7 Å². The summed E-state index contributed by atoms with van der Waals surface area (Å²) in [6, 6.07) is 18.6. The summed E-state index contributed by atoms with van der Waals surface area (Å²) in [5, 5.41) is 4.61. The van der Waals surface area contributed by atoms with Gasteiger partial charge >= 0.3 is 0 Å². The van der Waals surface area contributed by atoms with Gasteiger partial charge in [-0.05, 0) is 17.7 Å². The van der Waals surface area contributed by atoms with Crippen molar-refractivity contribution in [3.8, 4) is 10.4 Å². The van der Waals surface area contributed by atoms with E-state index >= 15 is 0 Å². The van der Waals surface area contributed by atoms with E-state index in [9.17, 15) is 9.59 Å². The number of nitrogens with one attached hydrogen (secondary N) is 1. The summed E-state index contributed by atoms with van der Waals surface area (Å²) < 4.78 is 0. The van der Waals surface area contributed by atoms with E-state index in [4.69, 9.17) is 0 Å². The van der Waals surface area contributed by atoms with Gasteiger partial charge in [0.05, 0.1) is 5.69 Å². The van der Waals surface area contributed by atoms with Crippen LogP contribution >= 0.6 is 11.3 Å². The normalized spacial score (nSPS) is 10.2. The smallest absolute Gasteiger partial charge is 0.247 e. The molecule has 0 aliphatic carbocycles. The Balaban J connectivity index is 1.78. The zero-order valence-electron chi connectivity index (χ0n) is 12.9. The van der Waals surface area contributed by atoms with Gasteiger partial charge in [-0.25, -0.2) is 0 Å². The number of carbonyl (C=O) groups excluding carboxylic acids is 2. The van der Waals surface area contributed by atoms with Crippen LogP contribution in [0, 0.1) is 0 Å². The van der Waals surface area contributed by atoms with Crippen LogP contribution < -0.4 is 5.32 Å². The van der Waals surface area contributed by atoms with Crippen LogP contribution in [0.2, 0.25) is 0 Å². The predicted molar refractivity (Wildman–Crippen MR) is 98.5 cm³/mol. The fourth-order valence-electron chi connectivity index (χ4n) is 2.29. The van der Waals surface area contributed by atoms with Crippen molar-refractivity contribution in [1.29, 1.82) is 0 Å². The van der Waals surface area contributed by atoms with Gasteiger partial charge in [0.2, 0.25) is 5.91 Å². The highest BCUT2D eigenvalue weighted by Crippen LogP contribution is 2.30. The Hall–Kier alpha value is -2.98. The van der Waals surface area contributed by atoms with Crippen LogP contribution in [0.4, 0.5) is 5.69 Å². The Labute approximate surface area is 144 Å². The van der Waals surface area contributed by atoms with Crippen molar-refractivity contribution in [2.75, 3.05) is 5.32 Å². The van der Waals surface area contributed by atoms with E-state index in [0.29, 0.717) is 11.1 Å². The molecule has 0 fully saturated rings. The Bertz CT molecular complexity index is 880. The number of thiophene rings is 1. The largest absolute Gasteiger partial charge is 0.322 e. The van der Waals surface area contributed by atoms with Crippen LogP contribution in [0.1, 0.15) is 15.9 Å². The van der Waals surface area contributed by atoms with Gasteiger partial charge in [0, 0.05) is 21.4 Å². The third-order valence-electron chi connectivity index (χ3n) is 3.52. The maximum absolute atomic E-state index is 12.4. The average Bonchev–Trinajstić information content (AvgIpc) is 3.10. The quantitative estimate of drug-likeness (QED) is 0.540. The minimum atomic E-state index is -0.233. The minimum Gasteiger partial charge on any atom is -0.322 e. The lowest BCUT2D eigenvalue weighted by Crippen LogP contribution is -2.05. The number of ketones is 1.